The number of carbonyl (C=O) groups is 3. The van der Waals surface area contributed by atoms with Gasteiger partial charge in [0.05, 0.1) is 16.8 Å². The Hall–Kier alpha value is -3.58. The number of carbonyl (C=O) groups excluding carboxylic acids is 3. The SMILES string of the molecule is CC(=O)Nc1nc(/C=C/c2ccc(CCN3C(=O)c4ccccc4C3=O)cc2)cs1. The molecule has 4 rings (SSSR count). The van der Waals surface area contributed by atoms with Crippen molar-refractivity contribution in [3.8, 4) is 0 Å². The van der Waals surface area contributed by atoms with Gasteiger partial charge in [-0.2, -0.15) is 0 Å². The Kier molecular flexibility index (Phi) is 5.54. The monoisotopic (exact) mass is 417 g/mol. The number of aromatic nitrogens is 1. The van der Waals surface area contributed by atoms with Gasteiger partial charge in [-0.3, -0.25) is 19.3 Å². The maximum Gasteiger partial charge on any atom is 0.261 e. The molecule has 2 aromatic carbocycles. The molecule has 1 aliphatic rings. The average Bonchev–Trinajstić information content (AvgIpc) is 3.28. The molecule has 0 radical (unpaired) electrons. The van der Waals surface area contributed by atoms with Gasteiger partial charge in [0.25, 0.3) is 11.8 Å². The molecule has 2 heterocycles. The number of thiazole rings is 1. The Morgan fingerprint density at radius 2 is 1.70 bits per heavy atom. The zero-order valence-corrected chi connectivity index (χ0v) is 17.1. The number of amides is 3. The van der Waals surface area contributed by atoms with Gasteiger partial charge in [0, 0.05) is 18.8 Å². The zero-order chi connectivity index (χ0) is 21.1. The third-order valence-electron chi connectivity index (χ3n) is 4.73. The van der Waals surface area contributed by atoms with Crippen LogP contribution in [-0.4, -0.2) is 34.2 Å². The second kappa shape index (κ2) is 8.42. The fraction of sp³-hybridized carbons (Fsp3) is 0.130. The quantitative estimate of drug-likeness (QED) is 0.612. The first-order chi connectivity index (χ1) is 14.5. The van der Waals surface area contributed by atoms with E-state index in [9.17, 15) is 14.4 Å². The lowest BCUT2D eigenvalue weighted by Crippen LogP contribution is -2.31. The molecule has 6 nitrogen and oxygen atoms in total. The van der Waals surface area contributed by atoms with Crippen LogP contribution in [0.1, 0.15) is 44.5 Å². The number of nitrogens with zero attached hydrogens (tertiary/aromatic N) is 2. The van der Waals surface area contributed by atoms with Gasteiger partial charge in [0.2, 0.25) is 5.91 Å². The zero-order valence-electron chi connectivity index (χ0n) is 16.3. The molecule has 0 fully saturated rings. The van der Waals surface area contributed by atoms with Crippen molar-refractivity contribution >= 4 is 46.3 Å². The summed E-state index contributed by atoms with van der Waals surface area (Å²) < 4.78 is 0. The second-order valence-corrected chi connectivity index (χ2v) is 7.75. The number of imide groups is 1. The van der Waals surface area contributed by atoms with Crippen LogP contribution in [0, 0.1) is 0 Å². The lowest BCUT2D eigenvalue weighted by Gasteiger charge is -2.13. The molecule has 150 valence electrons. The minimum absolute atomic E-state index is 0.142. The van der Waals surface area contributed by atoms with Crippen molar-refractivity contribution in [2.75, 3.05) is 11.9 Å². The van der Waals surface area contributed by atoms with Crippen molar-refractivity contribution in [1.29, 1.82) is 0 Å². The van der Waals surface area contributed by atoms with E-state index in [0.717, 1.165) is 16.8 Å². The van der Waals surface area contributed by atoms with Gasteiger partial charge in [0.15, 0.2) is 5.13 Å². The Morgan fingerprint density at radius 1 is 1.03 bits per heavy atom. The minimum atomic E-state index is -0.225. The number of hydrogen-bond acceptors (Lipinski definition) is 5. The molecule has 0 saturated heterocycles. The summed E-state index contributed by atoms with van der Waals surface area (Å²) in [5.41, 5.74) is 3.79. The first kappa shape index (κ1) is 19.7. The number of hydrogen-bond donors (Lipinski definition) is 1. The van der Waals surface area contributed by atoms with E-state index < -0.39 is 0 Å². The molecule has 0 atom stereocenters. The lowest BCUT2D eigenvalue weighted by atomic mass is 10.1. The highest BCUT2D eigenvalue weighted by molar-refractivity contribution is 7.14. The van der Waals surface area contributed by atoms with Crippen LogP contribution < -0.4 is 5.32 Å². The largest absolute Gasteiger partial charge is 0.302 e. The molecule has 3 aromatic rings. The predicted molar refractivity (Wildman–Crippen MR) is 117 cm³/mol. The second-order valence-electron chi connectivity index (χ2n) is 6.89. The molecule has 0 saturated carbocycles. The normalized spacial score (nSPS) is 13.2. The Bertz CT molecular complexity index is 1110. The van der Waals surface area contributed by atoms with Gasteiger partial charge >= 0.3 is 0 Å². The molecule has 0 spiro atoms. The van der Waals surface area contributed by atoms with Crippen molar-refractivity contribution in [1.82, 2.24) is 9.88 Å². The summed E-state index contributed by atoms with van der Waals surface area (Å²) in [6.45, 7) is 1.80. The number of anilines is 1. The van der Waals surface area contributed by atoms with Crippen molar-refractivity contribution in [3.05, 3.63) is 81.9 Å². The fourth-order valence-corrected chi connectivity index (χ4v) is 3.96. The topological polar surface area (TPSA) is 79.4 Å². The highest BCUT2D eigenvalue weighted by Gasteiger charge is 2.34. The highest BCUT2D eigenvalue weighted by Crippen LogP contribution is 2.23. The Balaban J connectivity index is 1.35. The van der Waals surface area contributed by atoms with E-state index in [1.54, 1.807) is 24.3 Å². The summed E-state index contributed by atoms with van der Waals surface area (Å²) in [7, 11) is 0. The van der Waals surface area contributed by atoms with Crippen LogP contribution >= 0.6 is 11.3 Å². The lowest BCUT2D eigenvalue weighted by molar-refractivity contribution is -0.114. The molecule has 0 aliphatic carbocycles. The van der Waals surface area contributed by atoms with Crippen molar-refractivity contribution in [3.63, 3.8) is 0 Å². The molecule has 1 aliphatic heterocycles. The number of rotatable bonds is 6. The van der Waals surface area contributed by atoms with Crippen LogP contribution in [0.3, 0.4) is 0 Å². The van der Waals surface area contributed by atoms with E-state index in [1.165, 1.54) is 23.2 Å². The first-order valence-electron chi connectivity index (χ1n) is 9.46. The van der Waals surface area contributed by atoms with E-state index in [1.807, 2.05) is 41.8 Å². The predicted octanol–water partition coefficient (Wildman–Crippen LogP) is 4.11. The standard InChI is InChI=1S/C23H19N3O3S/c1-15(27)24-23-25-18(14-30-23)11-10-16-6-8-17(9-7-16)12-13-26-21(28)19-4-2-3-5-20(19)22(26)29/h2-11,14H,12-13H2,1H3,(H,24,25,27)/b11-10+. The molecule has 1 N–H and O–H groups in total. The van der Waals surface area contributed by atoms with Crippen LogP contribution in [-0.2, 0) is 11.2 Å². The first-order valence-corrected chi connectivity index (χ1v) is 10.3. The van der Waals surface area contributed by atoms with Gasteiger partial charge < -0.3 is 5.32 Å². The molecule has 0 bridgehead atoms. The molecule has 30 heavy (non-hydrogen) atoms. The Morgan fingerprint density at radius 3 is 2.33 bits per heavy atom. The Labute approximate surface area is 177 Å². The van der Waals surface area contributed by atoms with Gasteiger partial charge in [-0.1, -0.05) is 42.5 Å². The van der Waals surface area contributed by atoms with Crippen molar-refractivity contribution in [2.24, 2.45) is 0 Å². The summed E-state index contributed by atoms with van der Waals surface area (Å²) >= 11 is 1.38. The molecule has 7 heteroatoms. The summed E-state index contributed by atoms with van der Waals surface area (Å²) in [6.07, 6.45) is 4.43. The van der Waals surface area contributed by atoms with Crippen LogP contribution in [0.15, 0.2) is 53.9 Å². The van der Waals surface area contributed by atoms with E-state index >= 15 is 0 Å². The van der Waals surface area contributed by atoms with Gasteiger partial charge in [0.1, 0.15) is 0 Å². The fourth-order valence-electron chi connectivity index (χ4n) is 3.23. The highest BCUT2D eigenvalue weighted by atomic mass is 32.1. The summed E-state index contributed by atoms with van der Waals surface area (Å²) in [5.74, 6) is -0.592. The van der Waals surface area contributed by atoms with E-state index in [4.69, 9.17) is 0 Å². The smallest absolute Gasteiger partial charge is 0.261 e. The molecule has 1 aromatic heterocycles. The summed E-state index contributed by atoms with van der Waals surface area (Å²) in [5, 5.41) is 5.11. The summed E-state index contributed by atoms with van der Waals surface area (Å²) in [4.78, 5) is 41.6. The summed E-state index contributed by atoms with van der Waals surface area (Å²) in [6, 6.07) is 14.9. The number of fused-ring (bicyclic) bond motifs is 1. The number of benzene rings is 2. The van der Waals surface area contributed by atoms with E-state index in [2.05, 4.69) is 10.3 Å². The van der Waals surface area contributed by atoms with Crippen LogP contribution in [0.2, 0.25) is 0 Å². The van der Waals surface area contributed by atoms with Gasteiger partial charge in [-0.25, -0.2) is 4.98 Å². The van der Waals surface area contributed by atoms with Crippen molar-refractivity contribution < 1.29 is 14.4 Å². The van der Waals surface area contributed by atoms with E-state index in [0.29, 0.717) is 29.2 Å². The van der Waals surface area contributed by atoms with Gasteiger partial charge in [-0.05, 0) is 35.8 Å². The van der Waals surface area contributed by atoms with Crippen LogP contribution in [0.5, 0.6) is 0 Å². The van der Waals surface area contributed by atoms with Crippen molar-refractivity contribution in [2.45, 2.75) is 13.3 Å². The average molecular weight is 417 g/mol. The maximum atomic E-state index is 12.4. The molecule has 0 unspecified atom stereocenters. The van der Waals surface area contributed by atoms with Crippen LogP contribution in [0.25, 0.3) is 12.2 Å². The van der Waals surface area contributed by atoms with E-state index in [-0.39, 0.29) is 17.7 Å². The molecular formula is C23H19N3O3S. The van der Waals surface area contributed by atoms with Gasteiger partial charge in [-0.15, -0.1) is 11.3 Å². The molecular weight excluding hydrogens is 398 g/mol. The maximum absolute atomic E-state index is 12.4. The third-order valence-corrected chi connectivity index (χ3v) is 5.51. The third kappa shape index (κ3) is 4.21. The molecule has 3 amide bonds. The number of nitrogens with one attached hydrogen (secondary N) is 1. The minimum Gasteiger partial charge on any atom is -0.302 e. The van der Waals surface area contributed by atoms with Crippen LogP contribution in [0.4, 0.5) is 5.13 Å².